The number of hydrogen-bond acceptors (Lipinski definition) is 4. The maximum absolute atomic E-state index is 12.1. The molecule has 3 aromatic rings. The summed E-state index contributed by atoms with van der Waals surface area (Å²) < 4.78 is 10.6. The molecule has 4 rings (SSSR count). The smallest absolute Gasteiger partial charge is 0.407 e. The minimum absolute atomic E-state index is 0.0625. The van der Waals surface area contributed by atoms with Crippen molar-refractivity contribution in [2.75, 3.05) is 13.2 Å². The lowest BCUT2D eigenvalue weighted by Crippen LogP contribution is -2.26. The summed E-state index contributed by atoms with van der Waals surface area (Å²) in [6.07, 6.45) is 0.0971. The molecule has 0 spiro atoms. The van der Waals surface area contributed by atoms with Gasteiger partial charge in [0.15, 0.2) is 0 Å². The second-order valence-corrected chi connectivity index (χ2v) is 7.00. The minimum Gasteiger partial charge on any atom is -0.449 e. The molecule has 0 atom stereocenters. The molecule has 0 radical (unpaired) electrons. The zero-order chi connectivity index (χ0) is 20.2. The van der Waals surface area contributed by atoms with E-state index in [0.717, 1.165) is 11.3 Å². The summed E-state index contributed by atoms with van der Waals surface area (Å²) in [4.78, 5) is 12.1. The van der Waals surface area contributed by atoms with Crippen LogP contribution in [-0.4, -0.2) is 24.4 Å². The number of carbonyl (C=O) groups is 1. The van der Waals surface area contributed by atoms with Gasteiger partial charge in [-0.15, -0.1) is 0 Å². The summed E-state index contributed by atoms with van der Waals surface area (Å²) in [6, 6.07) is 16.6. The predicted octanol–water partition coefficient (Wildman–Crippen LogP) is 4.57. The Morgan fingerprint density at radius 3 is 2.38 bits per heavy atom. The third-order valence-corrected chi connectivity index (χ3v) is 5.11. The molecular weight excluding hydrogens is 364 g/mol. The van der Waals surface area contributed by atoms with Gasteiger partial charge in [-0.25, -0.2) is 4.79 Å². The van der Waals surface area contributed by atoms with E-state index in [2.05, 4.69) is 46.6 Å². The van der Waals surface area contributed by atoms with E-state index in [4.69, 9.17) is 9.26 Å². The molecule has 5 nitrogen and oxygen atoms in total. The van der Waals surface area contributed by atoms with Crippen molar-refractivity contribution in [2.24, 2.45) is 0 Å². The normalized spacial score (nSPS) is 11.9. The van der Waals surface area contributed by atoms with Crippen LogP contribution in [0.15, 0.2) is 53.1 Å². The largest absolute Gasteiger partial charge is 0.449 e. The fourth-order valence-corrected chi connectivity index (χ4v) is 3.69. The number of amides is 1. The molecule has 0 bridgehead atoms. The van der Waals surface area contributed by atoms with Crippen LogP contribution in [0.25, 0.3) is 11.1 Å². The van der Waals surface area contributed by atoms with E-state index in [1.807, 2.05) is 38.1 Å². The van der Waals surface area contributed by atoms with Gasteiger partial charge in [0, 0.05) is 18.9 Å². The summed E-state index contributed by atoms with van der Waals surface area (Å²) in [5, 5.41) is 6.63. The van der Waals surface area contributed by atoms with E-state index in [9.17, 15) is 4.79 Å². The Labute approximate surface area is 170 Å². The third kappa shape index (κ3) is 3.88. The lowest BCUT2D eigenvalue weighted by Gasteiger charge is -2.14. The van der Waals surface area contributed by atoms with Crippen molar-refractivity contribution < 1.29 is 14.1 Å². The summed E-state index contributed by atoms with van der Waals surface area (Å²) in [5.74, 6) is 6.83. The van der Waals surface area contributed by atoms with Gasteiger partial charge in [0.1, 0.15) is 12.4 Å². The summed E-state index contributed by atoms with van der Waals surface area (Å²) in [5.41, 5.74) is 6.42. The molecule has 2 aromatic carbocycles. The van der Waals surface area contributed by atoms with Gasteiger partial charge >= 0.3 is 6.09 Å². The molecular formula is C24H22N2O3. The number of fused-ring (bicyclic) bond motifs is 3. The topological polar surface area (TPSA) is 64.4 Å². The molecule has 1 aromatic heterocycles. The number of aromatic nitrogens is 1. The van der Waals surface area contributed by atoms with Gasteiger partial charge in [0.2, 0.25) is 0 Å². The van der Waals surface area contributed by atoms with Crippen LogP contribution in [-0.2, 0) is 4.74 Å². The number of nitrogens with one attached hydrogen (secondary N) is 1. The van der Waals surface area contributed by atoms with Gasteiger partial charge in [-0.1, -0.05) is 65.5 Å². The van der Waals surface area contributed by atoms with Crippen molar-refractivity contribution in [3.63, 3.8) is 0 Å². The molecule has 5 heteroatoms. The highest BCUT2D eigenvalue weighted by atomic mass is 16.5. The van der Waals surface area contributed by atoms with E-state index in [-0.39, 0.29) is 5.92 Å². The van der Waals surface area contributed by atoms with Gasteiger partial charge in [0.25, 0.3) is 0 Å². The lowest BCUT2D eigenvalue weighted by atomic mass is 9.98. The van der Waals surface area contributed by atoms with Crippen LogP contribution in [0.4, 0.5) is 4.79 Å². The quantitative estimate of drug-likeness (QED) is 0.527. The number of ether oxygens (including phenoxy) is 1. The van der Waals surface area contributed by atoms with Crippen LogP contribution in [0.2, 0.25) is 0 Å². The average Bonchev–Trinajstić information content (AvgIpc) is 3.23. The van der Waals surface area contributed by atoms with Crippen molar-refractivity contribution in [1.29, 1.82) is 0 Å². The lowest BCUT2D eigenvalue weighted by molar-refractivity contribution is 0.143. The minimum atomic E-state index is -0.425. The van der Waals surface area contributed by atoms with E-state index in [0.29, 0.717) is 25.3 Å². The number of alkyl carbamates (subject to hydrolysis) is 1. The zero-order valence-electron chi connectivity index (χ0n) is 16.5. The number of rotatable bonds is 4. The van der Waals surface area contributed by atoms with Crippen molar-refractivity contribution in [2.45, 2.75) is 26.2 Å². The Morgan fingerprint density at radius 1 is 1.10 bits per heavy atom. The first-order valence-corrected chi connectivity index (χ1v) is 9.65. The van der Waals surface area contributed by atoms with Crippen molar-refractivity contribution in [3.8, 4) is 23.0 Å². The second-order valence-electron chi connectivity index (χ2n) is 7.00. The Bertz CT molecular complexity index is 1040. The highest BCUT2D eigenvalue weighted by molar-refractivity contribution is 5.79. The number of aryl methyl sites for hydroxylation is 2. The molecule has 29 heavy (non-hydrogen) atoms. The molecule has 1 N–H and O–H groups in total. The monoisotopic (exact) mass is 386 g/mol. The first kappa shape index (κ1) is 18.8. The van der Waals surface area contributed by atoms with Gasteiger partial charge in [0.05, 0.1) is 11.3 Å². The van der Waals surface area contributed by atoms with E-state index < -0.39 is 6.09 Å². The van der Waals surface area contributed by atoms with Gasteiger partial charge in [-0.3, -0.25) is 0 Å². The summed E-state index contributed by atoms with van der Waals surface area (Å²) in [7, 11) is 0. The Balaban J connectivity index is 1.31. The van der Waals surface area contributed by atoms with Crippen LogP contribution < -0.4 is 5.32 Å². The molecule has 0 aliphatic heterocycles. The first-order chi connectivity index (χ1) is 14.1. The molecule has 0 saturated heterocycles. The number of carbonyl (C=O) groups excluding carboxylic acids is 1. The molecule has 0 saturated carbocycles. The highest BCUT2D eigenvalue weighted by Gasteiger charge is 2.28. The third-order valence-electron chi connectivity index (χ3n) is 5.11. The Hall–Kier alpha value is -3.52. The van der Waals surface area contributed by atoms with Crippen LogP contribution >= 0.6 is 0 Å². The summed E-state index contributed by atoms with van der Waals surface area (Å²) in [6.45, 7) is 4.42. The van der Waals surface area contributed by atoms with Gasteiger partial charge in [-0.2, -0.15) is 0 Å². The van der Waals surface area contributed by atoms with E-state index >= 15 is 0 Å². The SMILES string of the molecule is Cc1noc(C)c1C#CCCNC(=O)OCC1c2ccccc2-c2ccccc21. The highest BCUT2D eigenvalue weighted by Crippen LogP contribution is 2.44. The Kier molecular flexibility index (Phi) is 5.35. The van der Waals surface area contributed by atoms with Crippen molar-refractivity contribution >= 4 is 6.09 Å². The standard InChI is InChI=1S/C24H22N2O3/c1-16-18(17(2)29-26-16)9-7-8-14-25-24(27)28-15-23-21-12-5-3-10-19(21)20-11-4-6-13-22(20)23/h3-6,10-13,23H,8,14-15H2,1-2H3,(H,25,27). The first-order valence-electron chi connectivity index (χ1n) is 9.65. The molecule has 1 aliphatic carbocycles. The summed E-state index contributed by atoms with van der Waals surface area (Å²) >= 11 is 0. The molecule has 0 fully saturated rings. The fourth-order valence-electron chi connectivity index (χ4n) is 3.69. The second kappa shape index (κ2) is 8.24. The molecule has 0 unspecified atom stereocenters. The fraction of sp³-hybridized carbons (Fsp3) is 0.250. The van der Waals surface area contributed by atoms with Gasteiger partial charge < -0.3 is 14.6 Å². The Morgan fingerprint density at radius 2 is 1.76 bits per heavy atom. The van der Waals surface area contributed by atoms with Crippen molar-refractivity contribution in [1.82, 2.24) is 10.5 Å². The van der Waals surface area contributed by atoms with Crippen LogP contribution in [0.1, 0.15) is 40.5 Å². The number of nitrogens with zero attached hydrogens (tertiary/aromatic N) is 1. The van der Waals surface area contributed by atoms with Crippen LogP contribution in [0.3, 0.4) is 0 Å². The molecule has 1 amide bonds. The maximum Gasteiger partial charge on any atom is 0.407 e. The van der Waals surface area contributed by atoms with Crippen molar-refractivity contribution in [3.05, 3.63) is 76.7 Å². The maximum atomic E-state index is 12.1. The van der Waals surface area contributed by atoms with Crippen LogP contribution in [0, 0.1) is 25.7 Å². The van der Waals surface area contributed by atoms with Crippen LogP contribution in [0.5, 0.6) is 0 Å². The molecule has 1 heterocycles. The van der Waals surface area contributed by atoms with E-state index in [1.54, 1.807) is 0 Å². The predicted molar refractivity (Wildman–Crippen MR) is 111 cm³/mol. The zero-order valence-corrected chi connectivity index (χ0v) is 16.5. The number of benzene rings is 2. The number of hydrogen-bond donors (Lipinski definition) is 1. The van der Waals surface area contributed by atoms with Gasteiger partial charge in [-0.05, 0) is 36.1 Å². The van der Waals surface area contributed by atoms with E-state index in [1.165, 1.54) is 22.3 Å². The molecule has 146 valence electrons. The average molecular weight is 386 g/mol. The molecule has 1 aliphatic rings.